The van der Waals surface area contributed by atoms with Gasteiger partial charge in [0.1, 0.15) is 0 Å². The predicted molar refractivity (Wildman–Crippen MR) is 103 cm³/mol. The Morgan fingerprint density at radius 3 is 2.89 bits per heavy atom. The highest BCUT2D eigenvalue weighted by Gasteiger charge is 2.38. The molecule has 1 aromatic heterocycles. The van der Waals surface area contributed by atoms with Crippen molar-refractivity contribution < 1.29 is 9.53 Å². The molecule has 1 aromatic carbocycles. The van der Waals surface area contributed by atoms with Gasteiger partial charge >= 0.3 is 0 Å². The third-order valence-electron chi connectivity index (χ3n) is 5.66. The van der Waals surface area contributed by atoms with Gasteiger partial charge in [-0.2, -0.15) is 5.10 Å². The summed E-state index contributed by atoms with van der Waals surface area (Å²) in [5.41, 5.74) is 2.30. The number of ether oxygens (including phenoxy) is 1. The molecular weight excluding hydrogens is 340 g/mol. The van der Waals surface area contributed by atoms with E-state index < -0.39 is 0 Å². The second-order valence-electron chi connectivity index (χ2n) is 7.66. The minimum Gasteiger partial charge on any atom is -0.376 e. The fourth-order valence-electron chi connectivity index (χ4n) is 4.22. The zero-order chi connectivity index (χ0) is 18.6. The van der Waals surface area contributed by atoms with E-state index in [4.69, 9.17) is 4.74 Å². The van der Waals surface area contributed by atoms with E-state index >= 15 is 0 Å². The molecule has 3 heterocycles. The summed E-state index contributed by atoms with van der Waals surface area (Å²) < 4.78 is 7.63. The van der Waals surface area contributed by atoms with E-state index in [0.717, 1.165) is 43.7 Å². The van der Waals surface area contributed by atoms with Crippen molar-refractivity contribution in [3.05, 3.63) is 53.9 Å². The fraction of sp³-hybridized carbons (Fsp3) is 0.524. The molecule has 2 aliphatic rings. The van der Waals surface area contributed by atoms with E-state index in [2.05, 4.69) is 22.5 Å². The monoisotopic (exact) mass is 368 g/mol. The fourth-order valence-corrected chi connectivity index (χ4v) is 4.22. The van der Waals surface area contributed by atoms with E-state index in [1.54, 1.807) is 0 Å². The molecule has 3 atom stereocenters. The normalized spacial score (nSPS) is 25.0. The molecule has 1 N–H and O–H groups in total. The van der Waals surface area contributed by atoms with Gasteiger partial charge in [0.15, 0.2) is 0 Å². The highest BCUT2D eigenvalue weighted by Crippen LogP contribution is 2.30. The van der Waals surface area contributed by atoms with Gasteiger partial charge in [-0.3, -0.25) is 9.48 Å². The minimum absolute atomic E-state index is 0.0562. The highest BCUT2D eigenvalue weighted by atomic mass is 16.5. The Kier molecular flexibility index (Phi) is 5.55. The van der Waals surface area contributed by atoms with Crippen LogP contribution in [0.4, 0.5) is 0 Å². The molecule has 0 saturated carbocycles. The Bertz CT molecular complexity index is 755. The van der Waals surface area contributed by atoms with Crippen LogP contribution in [0.1, 0.15) is 29.9 Å². The number of rotatable bonds is 6. The number of nitrogens with zero attached hydrogens (tertiary/aromatic N) is 3. The molecule has 6 heteroatoms. The minimum atomic E-state index is -0.0562. The van der Waals surface area contributed by atoms with Gasteiger partial charge in [0.2, 0.25) is 5.91 Å². The number of aryl methyl sites for hydroxylation is 1. The van der Waals surface area contributed by atoms with Crippen LogP contribution in [-0.4, -0.2) is 52.9 Å². The maximum absolute atomic E-state index is 13.5. The zero-order valence-electron chi connectivity index (χ0n) is 15.9. The molecule has 1 amide bonds. The molecular formula is C21H28N4O2. The smallest absolute Gasteiger partial charge is 0.228 e. The highest BCUT2D eigenvalue weighted by molar-refractivity contribution is 5.80. The first-order chi connectivity index (χ1) is 13.2. The van der Waals surface area contributed by atoms with Crippen LogP contribution in [0.3, 0.4) is 0 Å². The van der Waals surface area contributed by atoms with Crippen LogP contribution < -0.4 is 5.32 Å². The molecule has 1 unspecified atom stereocenters. The van der Waals surface area contributed by atoms with Gasteiger partial charge in [0, 0.05) is 51.9 Å². The van der Waals surface area contributed by atoms with Gasteiger partial charge in [-0.15, -0.1) is 0 Å². The Hall–Kier alpha value is -2.18. The lowest BCUT2D eigenvalue weighted by molar-refractivity contribution is -0.137. The first kappa shape index (κ1) is 18.2. The standard InChI is InChI=1S/C21H28N4O2/c1-24-14-17(10-23-24)19-11-22-12-20(19)21(26)25(15-18-8-5-9-27-18)13-16-6-3-2-4-7-16/h2-4,6-7,10,14,18-20,22H,5,8-9,11-13,15H2,1H3/t18?,19-,20+/m1/s1. The summed E-state index contributed by atoms with van der Waals surface area (Å²) in [6, 6.07) is 10.2. The zero-order valence-corrected chi connectivity index (χ0v) is 15.9. The van der Waals surface area contributed by atoms with Crippen LogP contribution in [0.2, 0.25) is 0 Å². The molecule has 2 saturated heterocycles. The van der Waals surface area contributed by atoms with E-state index in [9.17, 15) is 4.79 Å². The van der Waals surface area contributed by atoms with Crippen LogP contribution in [0, 0.1) is 5.92 Å². The van der Waals surface area contributed by atoms with E-state index in [1.165, 1.54) is 0 Å². The number of benzene rings is 1. The van der Waals surface area contributed by atoms with Crippen molar-refractivity contribution in [2.24, 2.45) is 13.0 Å². The summed E-state index contributed by atoms with van der Waals surface area (Å²) in [4.78, 5) is 15.5. The van der Waals surface area contributed by atoms with Gasteiger partial charge in [0.25, 0.3) is 0 Å². The SMILES string of the molecule is Cn1cc([C@H]2CNC[C@@H]2C(=O)N(Cc2ccccc2)CC2CCCO2)cn1. The topological polar surface area (TPSA) is 59.4 Å². The molecule has 27 heavy (non-hydrogen) atoms. The van der Waals surface area contributed by atoms with Crippen LogP contribution in [0.5, 0.6) is 0 Å². The van der Waals surface area contributed by atoms with Gasteiger partial charge in [0.05, 0.1) is 18.2 Å². The molecule has 2 aliphatic heterocycles. The van der Waals surface area contributed by atoms with Crippen LogP contribution >= 0.6 is 0 Å². The van der Waals surface area contributed by atoms with Crippen LogP contribution in [-0.2, 0) is 23.1 Å². The molecule has 6 nitrogen and oxygen atoms in total. The van der Waals surface area contributed by atoms with Crippen molar-refractivity contribution in [3.8, 4) is 0 Å². The van der Waals surface area contributed by atoms with Crippen molar-refractivity contribution in [3.63, 3.8) is 0 Å². The maximum atomic E-state index is 13.5. The summed E-state index contributed by atoms with van der Waals surface area (Å²) in [7, 11) is 1.92. The third-order valence-corrected chi connectivity index (χ3v) is 5.66. The van der Waals surface area contributed by atoms with E-state index in [0.29, 0.717) is 13.1 Å². The number of carbonyl (C=O) groups is 1. The van der Waals surface area contributed by atoms with Crippen LogP contribution in [0.25, 0.3) is 0 Å². The molecule has 2 aromatic rings. The summed E-state index contributed by atoms with van der Waals surface area (Å²) in [6.45, 7) is 3.65. The number of hydrogen-bond donors (Lipinski definition) is 1. The van der Waals surface area contributed by atoms with Gasteiger partial charge in [-0.05, 0) is 24.0 Å². The number of carbonyl (C=O) groups excluding carboxylic acids is 1. The number of nitrogens with one attached hydrogen (secondary N) is 1. The Labute approximate surface area is 160 Å². The first-order valence-electron chi connectivity index (χ1n) is 9.84. The van der Waals surface area contributed by atoms with Gasteiger partial charge in [-0.1, -0.05) is 30.3 Å². The number of aromatic nitrogens is 2. The van der Waals surface area contributed by atoms with Gasteiger partial charge < -0.3 is 15.0 Å². The quantitative estimate of drug-likeness (QED) is 0.846. The van der Waals surface area contributed by atoms with Crippen LogP contribution in [0.15, 0.2) is 42.7 Å². The average molecular weight is 368 g/mol. The average Bonchev–Trinajstić information content (AvgIpc) is 3.43. The molecule has 4 rings (SSSR count). The largest absolute Gasteiger partial charge is 0.376 e. The van der Waals surface area contributed by atoms with Crippen molar-refractivity contribution >= 4 is 5.91 Å². The van der Waals surface area contributed by atoms with Crippen molar-refractivity contribution in [2.75, 3.05) is 26.2 Å². The number of hydrogen-bond acceptors (Lipinski definition) is 4. The lowest BCUT2D eigenvalue weighted by atomic mass is 9.89. The second-order valence-corrected chi connectivity index (χ2v) is 7.66. The summed E-state index contributed by atoms with van der Waals surface area (Å²) in [5, 5.41) is 7.70. The lowest BCUT2D eigenvalue weighted by Gasteiger charge is -2.30. The third kappa shape index (κ3) is 4.22. The molecule has 144 valence electrons. The lowest BCUT2D eigenvalue weighted by Crippen LogP contribution is -2.42. The second kappa shape index (κ2) is 8.23. The molecule has 0 radical (unpaired) electrons. The molecule has 0 spiro atoms. The molecule has 0 bridgehead atoms. The Morgan fingerprint density at radius 2 is 2.19 bits per heavy atom. The predicted octanol–water partition coefficient (Wildman–Crippen LogP) is 1.93. The summed E-state index contributed by atoms with van der Waals surface area (Å²) in [5.74, 6) is 0.335. The first-order valence-corrected chi connectivity index (χ1v) is 9.84. The van der Waals surface area contributed by atoms with Crippen molar-refractivity contribution in [1.29, 1.82) is 0 Å². The summed E-state index contributed by atoms with van der Waals surface area (Å²) in [6.07, 6.45) is 6.19. The van der Waals surface area contributed by atoms with Gasteiger partial charge in [-0.25, -0.2) is 0 Å². The van der Waals surface area contributed by atoms with E-state index in [-0.39, 0.29) is 23.8 Å². The maximum Gasteiger partial charge on any atom is 0.228 e. The summed E-state index contributed by atoms with van der Waals surface area (Å²) >= 11 is 0. The Balaban J connectivity index is 1.53. The van der Waals surface area contributed by atoms with Crippen molar-refractivity contribution in [2.45, 2.75) is 31.4 Å². The number of amides is 1. The van der Waals surface area contributed by atoms with E-state index in [1.807, 2.05) is 47.2 Å². The van der Waals surface area contributed by atoms with Crippen molar-refractivity contribution in [1.82, 2.24) is 20.0 Å². The molecule has 2 fully saturated rings. The molecule has 0 aliphatic carbocycles. The Morgan fingerprint density at radius 1 is 1.33 bits per heavy atom.